The van der Waals surface area contributed by atoms with Crippen LogP contribution in [0.1, 0.15) is 98.2 Å². The maximum Gasteiger partial charge on any atom is 0.416 e. The van der Waals surface area contributed by atoms with Gasteiger partial charge in [-0.25, -0.2) is 4.39 Å². The highest BCUT2D eigenvalue weighted by Crippen LogP contribution is 2.39. The van der Waals surface area contributed by atoms with E-state index in [9.17, 15) is 57.1 Å². The molecular weight excluding hydrogens is 647 g/mol. The molecule has 0 saturated heterocycles. The predicted octanol–water partition coefficient (Wildman–Crippen LogP) is 12.7. The van der Waals surface area contributed by atoms with Gasteiger partial charge < -0.3 is 4.74 Å². The first kappa shape index (κ1) is 40.6. The van der Waals surface area contributed by atoms with Crippen molar-refractivity contribution in [1.82, 2.24) is 0 Å². The minimum absolute atomic E-state index is 0.00208. The third-order valence-electron chi connectivity index (χ3n) is 6.43. The Morgan fingerprint density at radius 1 is 0.457 bits per heavy atom. The lowest BCUT2D eigenvalue weighted by molar-refractivity contribution is -0.142. The van der Waals surface area contributed by atoms with Crippen molar-refractivity contribution in [2.45, 2.75) is 84.0 Å². The van der Waals surface area contributed by atoms with E-state index >= 15 is 0 Å². The van der Waals surface area contributed by atoms with Gasteiger partial charge in [-0.15, -0.1) is 0 Å². The topological polar surface area (TPSA) is 9.23 Å². The monoisotopic (exact) mass is 680 g/mol. The fourth-order valence-corrected chi connectivity index (χ4v) is 4.00. The second-order valence-corrected chi connectivity index (χ2v) is 11.0. The second kappa shape index (κ2) is 15.4. The molecule has 0 atom stereocenters. The van der Waals surface area contributed by atoms with Gasteiger partial charge in [0.2, 0.25) is 0 Å². The van der Waals surface area contributed by atoms with Crippen LogP contribution < -0.4 is 4.74 Å². The molecular formula is C32H33F13O. The van der Waals surface area contributed by atoms with Crippen molar-refractivity contribution >= 4 is 0 Å². The summed E-state index contributed by atoms with van der Waals surface area (Å²) in [4.78, 5) is 0. The highest BCUT2D eigenvalue weighted by molar-refractivity contribution is 5.40. The molecule has 3 aromatic rings. The van der Waals surface area contributed by atoms with Crippen LogP contribution >= 0.6 is 0 Å². The van der Waals surface area contributed by atoms with Crippen LogP contribution in [0.4, 0.5) is 57.1 Å². The summed E-state index contributed by atoms with van der Waals surface area (Å²) < 4.78 is 167. The van der Waals surface area contributed by atoms with Crippen LogP contribution in [-0.4, -0.2) is 7.11 Å². The Bertz CT molecular complexity index is 1410. The van der Waals surface area contributed by atoms with Gasteiger partial charge in [0.25, 0.3) is 0 Å². The van der Waals surface area contributed by atoms with Crippen molar-refractivity contribution in [1.29, 1.82) is 0 Å². The number of hydrogen-bond donors (Lipinski definition) is 0. The maximum absolute atomic E-state index is 13.0. The molecule has 14 heteroatoms. The van der Waals surface area contributed by atoms with E-state index in [-0.39, 0.29) is 23.0 Å². The minimum atomic E-state index is -4.64. The Morgan fingerprint density at radius 2 is 0.804 bits per heavy atom. The van der Waals surface area contributed by atoms with Gasteiger partial charge in [-0.2, -0.15) is 52.7 Å². The molecule has 0 heterocycles. The van der Waals surface area contributed by atoms with Crippen LogP contribution in [0.15, 0.2) is 54.6 Å². The van der Waals surface area contributed by atoms with E-state index in [0.717, 1.165) is 30.3 Å². The van der Waals surface area contributed by atoms with E-state index in [0.29, 0.717) is 29.5 Å². The standard InChI is InChI=1S/C11H10F6.C11H13F3O.C10H10F4/c1-6(2)8-5-7(10(12,13)14)3-4-9(8)11(15,16)17;1-7(2)9-6-8(11(12,13)14)4-5-10(9)15-3;1-6(2)8-5-7(10(12,13)14)3-4-9(8)11/h3-6H,1-2H3;4-7H,1-3H3;3-6H,1-2H3. The SMILES string of the molecule is CC(C)c1cc(C(F)(F)F)ccc1C(F)(F)F.CC(C)c1cc(C(F)(F)F)ccc1F.COc1ccc(C(F)(F)F)cc1C(C)C. The normalized spacial score (nSPS) is 12.5. The van der Waals surface area contributed by atoms with Gasteiger partial charge in [-0.1, -0.05) is 41.5 Å². The molecule has 0 bridgehead atoms. The van der Waals surface area contributed by atoms with Crippen LogP contribution in [0.3, 0.4) is 0 Å². The zero-order chi connectivity index (χ0) is 36.0. The first-order chi connectivity index (χ1) is 20.7. The summed E-state index contributed by atoms with van der Waals surface area (Å²) in [5.74, 6) is -0.973. The van der Waals surface area contributed by atoms with Crippen molar-refractivity contribution < 1.29 is 61.8 Å². The molecule has 0 aliphatic heterocycles. The van der Waals surface area contributed by atoms with Crippen molar-refractivity contribution in [3.63, 3.8) is 0 Å². The fourth-order valence-electron chi connectivity index (χ4n) is 4.00. The van der Waals surface area contributed by atoms with Crippen LogP contribution in [0.2, 0.25) is 0 Å². The molecule has 46 heavy (non-hydrogen) atoms. The molecule has 0 aromatic heterocycles. The van der Waals surface area contributed by atoms with Gasteiger partial charge in [0.05, 0.1) is 29.4 Å². The van der Waals surface area contributed by atoms with Gasteiger partial charge in [0.1, 0.15) is 11.6 Å². The maximum atomic E-state index is 13.0. The lowest BCUT2D eigenvalue weighted by atomic mass is 9.94. The van der Waals surface area contributed by atoms with Crippen LogP contribution in [0, 0.1) is 5.82 Å². The summed E-state index contributed by atoms with van der Waals surface area (Å²) in [7, 11) is 1.45. The quantitative estimate of drug-likeness (QED) is 0.249. The zero-order valence-corrected chi connectivity index (χ0v) is 25.7. The van der Waals surface area contributed by atoms with Crippen molar-refractivity contribution in [3.8, 4) is 5.75 Å². The molecule has 0 amide bonds. The number of alkyl halides is 12. The average molecular weight is 681 g/mol. The molecule has 0 spiro atoms. The summed E-state index contributed by atoms with van der Waals surface area (Å²) in [6.07, 6.45) is -18.0. The molecule has 3 rings (SSSR count). The number of halogens is 13. The van der Waals surface area contributed by atoms with Crippen LogP contribution in [-0.2, 0) is 24.7 Å². The Hall–Kier alpha value is -3.45. The number of ether oxygens (including phenoxy) is 1. The van der Waals surface area contributed by atoms with Gasteiger partial charge >= 0.3 is 24.7 Å². The van der Waals surface area contributed by atoms with E-state index in [1.165, 1.54) is 27.0 Å². The molecule has 0 aliphatic rings. The lowest BCUT2D eigenvalue weighted by Crippen LogP contribution is -2.13. The zero-order valence-electron chi connectivity index (χ0n) is 25.7. The summed E-state index contributed by atoms with van der Waals surface area (Å²) in [5, 5.41) is 0. The van der Waals surface area contributed by atoms with Gasteiger partial charge in [-0.05, 0) is 89.0 Å². The van der Waals surface area contributed by atoms with Crippen molar-refractivity contribution in [3.05, 3.63) is 99.4 Å². The minimum Gasteiger partial charge on any atom is -0.496 e. The third-order valence-corrected chi connectivity index (χ3v) is 6.43. The van der Waals surface area contributed by atoms with Crippen LogP contribution in [0.5, 0.6) is 5.75 Å². The number of rotatable bonds is 4. The molecule has 258 valence electrons. The molecule has 3 aromatic carbocycles. The molecule has 0 radical (unpaired) electrons. The molecule has 1 nitrogen and oxygen atoms in total. The lowest BCUT2D eigenvalue weighted by Gasteiger charge is -2.17. The van der Waals surface area contributed by atoms with Crippen LogP contribution in [0.25, 0.3) is 0 Å². The molecule has 0 unspecified atom stereocenters. The summed E-state index contributed by atoms with van der Waals surface area (Å²) in [6, 6.07) is 7.51. The Balaban J connectivity index is 0.000000347. The highest BCUT2D eigenvalue weighted by atomic mass is 19.4. The van der Waals surface area contributed by atoms with Crippen molar-refractivity contribution in [2.75, 3.05) is 7.11 Å². The van der Waals surface area contributed by atoms with E-state index in [1.807, 2.05) is 13.8 Å². The number of benzene rings is 3. The molecule has 0 saturated carbocycles. The smallest absolute Gasteiger partial charge is 0.416 e. The predicted molar refractivity (Wildman–Crippen MR) is 148 cm³/mol. The fraction of sp³-hybridized carbons (Fsp3) is 0.438. The molecule has 0 N–H and O–H groups in total. The van der Waals surface area contributed by atoms with E-state index < -0.39 is 58.7 Å². The van der Waals surface area contributed by atoms with Gasteiger partial charge in [-0.3, -0.25) is 0 Å². The largest absolute Gasteiger partial charge is 0.496 e. The average Bonchev–Trinajstić information content (AvgIpc) is 2.91. The Kier molecular flexibility index (Phi) is 13.6. The van der Waals surface area contributed by atoms with Crippen molar-refractivity contribution in [2.24, 2.45) is 0 Å². The highest BCUT2D eigenvalue weighted by Gasteiger charge is 2.37. The second-order valence-electron chi connectivity index (χ2n) is 11.0. The van der Waals surface area contributed by atoms with E-state index in [4.69, 9.17) is 4.74 Å². The van der Waals surface area contributed by atoms with E-state index in [2.05, 4.69) is 0 Å². The van der Waals surface area contributed by atoms with Gasteiger partial charge in [0.15, 0.2) is 0 Å². The number of methoxy groups -OCH3 is 1. The number of hydrogen-bond acceptors (Lipinski definition) is 1. The van der Waals surface area contributed by atoms with Gasteiger partial charge in [0, 0.05) is 0 Å². The Labute approximate surface area is 258 Å². The first-order valence-electron chi connectivity index (χ1n) is 13.6. The molecule has 0 aliphatic carbocycles. The summed E-state index contributed by atoms with van der Waals surface area (Å²) >= 11 is 0. The molecule has 0 fully saturated rings. The summed E-state index contributed by atoms with van der Waals surface area (Å²) in [6.45, 7) is 9.81. The third kappa shape index (κ3) is 11.7. The first-order valence-corrected chi connectivity index (χ1v) is 13.6. The van der Waals surface area contributed by atoms with E-state index in [1.54, 1.807) is 13.8 Å². The summed E-state index contributed by atoms with van der Waals surface area (Å²) in [5.41, 5.74) is -3.18. The Morgan fingerprint density at radius 3 is 1.15 bits per heavy atom.